The summed E-state index contributed by atoms with van der Waals surface area (Å²) in [6.45, 7) is 1.91. The van der Waals surface area contributed by atoms with E-state index in [2.05, 4.69) is 5.32 Å². The Morgan fingerprint density at radius 1 is 1.64 bits per heavy atom. The summed E-state index contributed by atoms with van der Waals surface area (Å²) < 4.78 is 0. The summed E-state index contributed by atoms with van der Waals surface area (Å²) in [5.41, 5.74) is 7.34. The van der Waals surface area contributed by atoms with E-state index in [4.69, 9.17) is 16.1 Å². The first-order chi connectivity index (χ1) is 6.67. The Kier molecular flexibility index (Phi) is 3.32. The zero-order valence-corrected chi connectivity index (χ0v) is 7.99. The molecule has 1 atom stereocenters. The van der Waals surface area contributed by atoms with E-state index in [9.17, 15) is 0 Å². The van der Waals surface area contributed by atoms with Gasteiger partial charge in [0.1, 0.15) is 6.07 Å². The van der Waals surface area contributed by atoms with E-state index in [-0.39, 0.29) is 12.6 Å². The standard InChI is InChI=1S/C10H13N3O/c1-7(6-14)13-9-3-2-8(5-11)10(12)4-9/h2-4,7,13-14H,6,12H2,1H3. The van der Waals surface area contributed by atoms with E-state index in [1.807, 2.05) is 13.0 Å². The molecule has 0 aromatic heterocycles. The van der Waals surface area contributed by atoms with Gasteiger partial charge < -0.3 is 16.2 Å². The summed E-state index contributed by atoms with van der Waals surface area (Å²) in [7, 11) is 0. The molecule has 4 N–H and O–H groups in total. The number of nitrogen functional groups attached to an aromatic ring is 1. The van der Waals surface area contributed by atoms with Crippen molar-refractivity contribution >= 4 is 11.4 Å². The van der Waals surface area contributed by atoms with Gasteiger partial charge in [0.15, 0.2) is 0 Å². The second kappa shape index (κ2) is 4.49. The van der Waals surface area contributed by atoms with Crippen molar-refractivity contribution in [3.8, 4) is 6.07 Å². The lowest BCUT2D eigenvalue weighted by Crippen LogP contribution is -2.19. The number of rotatable bonds is 3. The maximum Gasteiger partial charge on any atom is 0.101 e. The van der Waals surface area contributed by atoms with E-state index >= 15 is 0 Å². The predicted octanol–water partition coefficient (Wildman–Crippen LogP) is 0.933. The molecule has 1 aromatic carbocycles. The number of hydrogen-bond acceptors (Lipinski definition) is 4. The van der Waals surface area contributed by atoms with Crippen LogP contribution in [-0.4, -0.2) is 17.8 Å². The second-order valence-electron chi connectivity index (χ2n) is 3.14. The maximum atomic E-state index is 8.82. The van der Waals surface area contributed by atoms with Crippen molar-refractivity contribution in [3.05, 3.63) is 23.8 Å². The summed E-state index contributed by atoms with van der Waals surface area (Å²) in [4.78, 5) is 0. The number of anilines is 2. The summed E-state index contributed by atoms with van der Waals surface area (Å²) in [6.07, 6.45) is 0. The molecule has 0 saturated heterocycles. The van der Waals surface area contributed by atoms with Crippen LogP contribution in [0.2, 0.25) is 0 Å². The van der Waals surface area contributed by atoms with Gasteiger partial charge in [-0.1, -0.05) is 0 Å². The smallest absolute Gasteiger partial charge is 0.101 e. The first-order valence-corrected chi connectivity index (χ1v) is 4.34. The Hall–Kier alpha value is -1.73. The van der Waals surface area contributed by atoms with Crippen LogP contribution in [0.15, 0.2) is 18.2 Å². The quantitative estimate of drug-likeness (QED) is 0.621. The van der Waals surface area contributed by atoms with Gasteiger partial charge in [-0.15, -0.1) is 0 Å². The van der Waals surface area contributed by atoms with Crippen LogP contribution in [0.25, 0.3) is 0 Å². The SMILES string of the molecule is CC(CO)Nc1ccc(C#N)c(N)c1. The molecular formula is C10H13N3O. The van der Waals surface area contributed by atoms with Crippen LogP contribution in [0.5, 0.6) is 0 Å². The number of hydrogen-bond donors (Lipinski definition) is 3. The zero-order chi connectivity index (χ0) is 10.6. The first kappa shape index (κ1) is 10.4. The van der Waals surface area contributed by atoms with Crippen molar-refractivity contribution in [1.29, 1.82) is 5.26 Å². The predicted molar refractivity (Wildman–Crippen MR) is 55.7 cm³/mol. The van der Waals surface area contributed by atoms with E-state index in [1.54, 1.807) is 18.2 Å². The molecule has 0 amide bonds. The number of aliphatic hydroxyl groups is 1. The minimum atomic E-state index is -0.0256. The molecule has 4 heteroatoms. The molecule has 0 spiro atoms. The molecular weight excluding hydrogens is 178 g/mol. The molecule has 4 nitrogen and oxygen atoms in total. The molecule has 1 aromatic rings. The van der Waals surface area contributed by atoms with Crippen LogP contribution >= 0.6 is 0 Å². The van der Waals surface area contributed by atoms with Crippen LogP contribution in [0.3, 0.4) is 0 Å². The fraction of sp³-hybridized carbons (Fsp3) is 0.300. The van der Waals surface area contributed by atoms with Crippen LogP contribution in [0.1, 0.15) is 12.5 Å². The average Bonchev–Trinajstić information content (AvgIpc) is 2.18. The Morgan fingerprint density at radius 2 is 2.36 bits per heavy atom. The summed E-state index contributed by atoms with van der Waals surface area (Å²) >= 11 is 0. The molecule has 0 aliphatic carbocycles. The molecule has 1 unspecified atom stereocenters. The molecule has 0 fully saturated rings. The number of nitriles is 1. The highest BCUT2D eigenvalue weighted by atomic mass is 16.3. The molecule has 0 aliphatic rings. The Bertz CT molecular complexity index is 357. The van der Waals surface area contributed by atoms with Gasteiger partial charge in [0.25, 0.3) is 0 Å². The molecule has 0 radical (unpaired) electrons. The third-order valence-corrected chi connectivity index (χ3v) is 1.86. The lowest BCUT2D eigenvalue weighted by atomic mass is 10.1. The second-order valence-corrected chi connectivity index (χ2v) is 3.14. The lowest BCUT2D eigenvalue weighted by molar-refractivity contribution is 0.281. The van der Waals surface area contributed by atoms with E-state index in [0.29, 0.717) is 11.3 Å². The Morgan fingerprint density at radius 3 is 2.86 bits per heavy atom. The third-order valence-electron chi connectivity index (χ3n) is 1.86. The summed E-state index contributed by atoms with van der Waals surface area (Å²) in [5, 5.41) is 20.5. The van der Waals surface area contributed by atoms with Crippen molar-refractivity contribution in [3.63, 3.8) is 0 Å². The van der Waals surface area contributed by atoms with Crippen molar-refractivity contribution in [1.82, 2.24) is 0 Å². The van der Waals surface area contributed by atoms with Gasteiger partial charge >= 0.3 is 0 Å². The normalized spacial score (nSPS) is 11.8. The average molecular weight is 191 g/mol. The van der Waals surface area contributed by atoms with Crippen molar-refractivity contribution in [2.24, 2.45) is 0 Å². The van der Waals surface area contributed by atoms with Crippen LogP contribution in [-0.2, 0) is 0 Å². The highest BCUT2D eigenvalue weighted by Gasteiger charge is 2.02. The highest BCUT2D eigenvalue weighted by Crippen LogP contribution is 2.17. The number of benzene rings is 1. The minimum absolute atomic E-state index is 0.0256. The van der Waals surface area contributed by atoms with Crippen molar-refractivity contribution in [2.45, 2.75) is 13.0 Å². The van der Waals surface area contributed by atoms with Gasteiger partial charge in [0.2, 0.25) is 0 Å². The fourth-order valence-electron chi connectivity index (χ4n) is 1.08. The monoisotopic (exact) mass is 191 g/mol. The third kappa shape index (κ3) is 2.38. The topological polar surface area (TPSA) is 82.1 Å². The van der Waals surface area contributed by atoms with Crippen LogP contribution in [0, 0.1) is 11.3 Å². The molecule has 0 aliphatic heterocycles. The highest BCUT2D eigenvalue weighted by molar-refractivity contribution is 5.62. The molecule has 14 heavy (non-hydrogen) atoms. The number of nitrogens with two attached hydrogens (primary N) is 1. The Balaban J connectivity index is 2.82. The van der Waals surface area contributed by atoms with Crippen LogP contribution < -0.4 is 11.1 Å². The largest absolute Gasteiger partial charge is 0.398 e. The number of aliphatic hydroxyl groups excluding tert-OH is 1. The fourth-order valence-corrected chi connectivity index (χ4v) is 1.08. The van der Waals surface area contributed by atoms with Crippen molar-refractivity contribution in [2.75, 3.05) is 17.7 Å². The number of nitrogens with one attached hydrogen (secondary N) is 1. The number of nitrogens with zero attached hydrogens (tertiary/aromatic N) is 1. The lowest BCUT2D eigenvalue weighted by Gasteiger charge is -2.12. The summed E-state index contributed by atoms with van der Waals surface area (Å²) in [6, 6.07) is 7.07. The van der Waals surface area contributed by atoms with Crippen LogP contribution in [0.4, 0.5) is 11.4 Å². The molecule has 1 rings (SSSR count). The van der Waals surface area contributed by atoms with Gasteiger partial charge in [-0.25, -0.2) is 0 Å². The first-order valence-electron chi connectivity index (χ1n) is 4.34. The molecule has 0 saturated carbocycles. The van der Waals surface area contributed by atoms with Gasteiger partial charge in [-0.2, -0.15) is 5.26 Å². The minimum Gasteiger partial charge on any atom is -0.398 e. The van der Waals surface area contributed by atoms with E-state index < -0.39 is 0 Å². The molecule has 74 valence electrons. The Labute approximate surface area is 83.0 Å². The van der Waals surface area contributed by atoms with Crippen molar-refractivity contribution < 1.29 is 5.11 Å². The van der Waals surface area contributed by atoms with Gasteiger partial charge in [-0.05, 0) is 25.1 Å². The van der Waals surface area contributed by atoms with Gasteiger partial charge in [0, 0.05) is 11.7 Å². The van der Waals surface area contributed by atoms with Gasteiger partial charge in [0.05, 0.1) is 17.9 Å². The van der Waals surface area contributed by atoms with Gasteiger partial charge in [-0.3, -0.25) is 0 Å². The van der Waals surface area contributed by atoms with E-state index in [0.717, 1.165) is 5.69 Å². The van der Waals surface area contributed by atoms with E-state index in [1.165, 1.54) is 0 Å². The molecule has 0 heterocycles. The zero-order valence-electron chi connectivity index (χ0n) is 7.99. The maximum absolute atomic E-state index is 8.82. The summed E-state index contributed by atoms with van der Waals surface area (Å²) in [5.74, 6) is 0. The molecule has 0 bridgehead atoms.